The SMILES string of the molecule is CCc1cccc(Cn2c(=O)c3c(c4cccnc42)CCN(Cc2ccccc2)C3)c1. The number of hydrogen-bond donors (Lipinski definition) is 0. The Labute approximate surface area is 182 Å². The van der Waals surface area contributed by atoms with Crippen molar-refractivity contribution < 1.29 is 0 Å². The quantitative estimate of drug-likeness (QED) is 0.485. The zero-order chi connectivity index (χ0) is 21.2. The summed E-state index contributed by atoms with van der Waals surface area (Å²) >= 11 is 0. The van der Waals surface area contributed by atoms with Gasteiger partial charge < -0.3 is 0 Å². The van der Waals surface area contributed by atoms with Crippen molar-refractivity contribution in [2.45, 2.75) is 39.4 Å². The lowest BCUT2D eigenvalue weighted by Gasteiger charge is -2.30. The molecule has 31 heavy (non-hydrogen) atoms. The highest BCUT2D eigenvalue weighted by Crippen LogP contribution is 2.25. The molecule has 0 N–H and O–H groups in total. The van der Waals surface area contributed by atoms with Crippen LogP contribution in [-0.4, -0.2) is 21.0 Å². The van der Waals surface area contributed by atoms with Crippen molar-refractivity contribution >= 4 is 11.0 Å². The molecule has 0 atom stereocenters. The number of fused-ring (bicyclic) bond motifs is 3. The molecule has 1 aliphatic heterocycles. The molecule has 4 heteroatoms. The van der Waals surface area contributed by atoms with Crippen LogP contribution in [0.5, 0.6) is 0 Å². The Morgan fingerprint density at radius 3 is 2.52 bits per heavy atom. The fourth-order valence-electron chi connectivity index (χ4n) is 4.67. The maximum Gasteiger partial charge on any atom is 0.257 e. The molecule has 156 valence electrons. The van der Waals surface area contributed by atoms with E-state index in [1.807, 2.05) is 16.7 Å². The summed E-state index contributed by atoms with van der Waals surface area (Å²) in [5.74, 6) is 0. The van der Waals surface area contributed by atoms with E-state index in [9.17, 15) is 4.79 Å². The van der Waals surface area contributed by atoms with Gasteiger partial charge in [0.05, 0.1) is 6.54 Å². The van der Waals surface area contributed by atoms with Gasteiger partial charge in [0, 0.05) is 36.8 Å². The first-order valence-corrected chi connectivity index (χ1v) is 11.1. The highest BCUT2D eigenvalue weighted by atomic mass is 16.1. The predicted octanol–water partition coefficient (Wildman–Crippen LogP) is 4.57. The lowest BCUT2D eigenvalue weighted by molar-refractivity contribution is 0.244. The Hall–Kier alpha value is -3.24. The van der Waals surface area contributed by atoms with E-state index in [0.29, 0.717) is 13.1 Å². The van der Waals surface area contributed by atoms with Crippen LogP contribution < -0.4 is 5.56 Å². The van der Waals surface area contributed by atoms with Crippen LogP contribution in [0.1, 0.15) is 34.7 Å². The summed E-state index contributed by atoms with van der Waals surface area (Å²) < 4.78 is 1.87. The maximum absolute atomic E-state index is 13.7. The molecule has 0 fully saturated rings. The summed E-state index contributed by atoms with van der Waals surface area (Å²) in [6.07, 6.45) is 3.66. The van der Waals surface area contributed by atoms with E-state index in [1.165, 1.54) is 16.7 Å². The Morgan fingerprint density at radius 1 is 0.871 bits per heavy atom. The molecular weight excluding hydrogens is 382 g/mol. The van der Waals surface area contributed by atoms with Gasteiger partial charge in [0.2, 0.25) is 0 Å². The van der Waals surface area contributed by atoms with Crippen molar-refractivity contribution in [1.82, 2.24) is 14.5 Å². The molecule has 2 aromatic carbocycles. The minimum atomic E-state index is 0.0980. The van der Waals surface area contributed by atoms with Crippen LogP contribution in [-0.2, 0) is 32.5 Å². The number of benzene rings is 2. The molecular formula is C27H27N3O. The molecule has 0 radical (unpaired) electrons. The average molecular weight is 410 g/mol. The van der Waals surface area contributed by atoms with Crippen molar-refractivity contribution in [3.05, 3.63) is 111 Å². The number of aryl methyl sites for hydroxylation is 1. The number of aromatic nitrogens is 2. The second-order valence-corrected chi connectivity index (χ2v) is 8.34. The Balaban J connectivity index is 1.56. The van der Waals surface area contributed by atoms with Gasteiger partial charge in [-0.1, -0.05) is 61.5 Å². The molecule has 1 aliphatic rings. The van der Waals surface area contributed by atoms with E-state index in [0.717, 1.165) is 48.1 Å². The summed E-state index contributed by atoms with van der Waals surface area (Å²) in [4.78, 5) is 20.7. The van der Waals surface area contributed by atoms with Gasteiger partial charge >= 0.3 is 0 Å². The van der Waals surface area contributed by atoms with Gasteiger partial charge in [-0.2, -0.15) is 0 Å². The topological polar surface area (TPSA) is 38.1 Å². The van der Waals surface area contributed by atoms with Gasteiger partial charge in [0.15, 0.2) is 0 Å². The standard InChI is InChI=1S/C27H27N3O/c1-2-20-10-6-11-22(16-20)18-30-26-24(12-7-14-28-26)23-13-15-29(19-25(23)27(30)31)17-21-8-4-3-5-9-21/h3-12,14,16H,2,13,15,17-19H2,1H3. The van der Waals surface area contributed by atoms with Crippen molar-refractivity contribution in [3.63, 3.8) is 0 Å². The number of hydrogen-bond acceptors (Lipinski definition) is 3. The van der Waals surface area contributed by atoms with E-state index in [2.05, 4.69) is 71.4 Å². The first-order chi connectivity index (χ1) is 15.2. The predicted molar refractivity (Wildman–Crippen MR) is 125 cm³/mol. The number of rotatable bonds is 5. The third-order valence-corrected chi connectivity index (χ3v) is 6.28. The number of pyridine rings is 2. The summed E-state index contributed by atoms with van der Waals surface area (Å²) in [5.41, 5.74) is 6.71. The van der Waals surface area contributed by atoms with Crippen molar-refractivity contribution in [3.8, 4) is 0 Å². The molecule has 5 rings (SSSR count). The van der Waals surface area contributed by atoms with Crippen molar-refractivity contribution in [2.24, 2.45) is 0 Å². The van der Waals surface area contributed by atoms with Crippen molar-refractivity contribution in [2.75, 3.05) is 6.54 Å². The lowest BCUT2D eigenvalue weighted by Crippen LogP contribution is -2.37. The molecule has 0 unspecified atom stereocenters. The van der Waals surface area contributed by atoms with E-state index < -0.39 is 0 Å². The second kappa shape index (κ2) is 8.48. The van der Waals surface area contributed by atoms with Gasteiger partial charge in [0.1, 0.15) is 5.65 Å². The first kappa shape index (κ1) is 19.7. The van der Waals surface area contributed by atoms with Crippen LogP contribution in [0.3, 0.4) is 0 Å². The zero-order valence-electron chi connectivity index (χ0n) is 17.9. The average Bonchev–Trinajstić information content (AvgIpc) is 2.82. The van der Waals surface area contributed by atoms with E-state index in [4.69, 9.17) is 0 Å². The summed E-state index contributed by atoms with van der Waals surface area (Å²) in [5, 5.41) is 1.11. The van der Waals surface area contributed by atoms with E-state index in [1.54, 1.807) is 6.20 Å². The Bertz CT molecular complexity index is 1280. The fraction of sp³-hybridized carbons (Fsp3) is 0.259. The largest absolute Gasteiger partial charge is 0.294 e. The van der Waals surface area contributed by atoms with Crippen LogP contribution in [0, 0.1) is 0 Å². The van der Waals surface area contributed by atoms with Crippen molar-refractivity contribution in [1.29, 1.82) is 0 Å². The number of nitrogens with zero attached hydrogens (tertiary/aromatic N) is 3. The van der Waals surface area contributed by atoms with E-state index in [-0.39, 0.29) is 5.56 Å². The van der Waals surface area contributed by atoms with Gasteiger partial charge in [-0.05, 0) is 47.2 Å². The molecule has 0 spiro atoms. The second-order valence-electron chi connectivity index (χ2n) is 8.34. The third-order valence-electron chi connectivity index (χ3n) is 6.28. The van der Waals surface area contributed by atoms with Crippen LogP contribution in [0.15, 0.2) is 77.7 Å². The molecule has 0 bridgehead atoms. The Morgan fingerprint density at radius 2 is 1.68 bits per heavy atom. The van der Waals surface area contributed by atoms with Crippen LogP contribution in [0.25, 0.3) is 11.0 Å². The minimum absolute atomic E-state index is 0.0980. The summed E-state index contributed by atoms with van der Waals surface area (Å²) in [7, 11) is 0. The third kappa shape index (κ3) is 3.91. The van der Waals surface area contributed by atoms with Gasteiger partial charge in [-0.3, -0.25) is 14.3 Å². The minimum Gasteiger partial charge on any atom is -0.294 e. The maximum atomic E-state index is 13.7. The van der Waals surface area contributed by atoms with Crippen LogP contribution in [0.2, 0.25) is 0 Å². The van der Waals surface area contributed by atoms with Gasteiger partial charge in [0.25, 0.3) is 5.56 Å². The molecule has 0 amide bonds. The lowest BCUT2D eigenvalue weighted by atomic mass is 9.97. The zero-order valence-corrected chi connectivity index (χ0v) is 17.9. The Kier molecular flexibility index (Phi) is 5.39. The highest BCUT2D eigenvalue weighted by Gasteiger charge is 2.24. The molecule has 4 aromatic rings. The first-order valence-electron chi connectivity index (χ1n) is 11.1. The summed E-state index contributed by atoms with van der Waals surface area (Å²) in [6.45, 7) is 5.20. The fourth-order valence-corrected chi connectivity index (χ4v) is 4.67. The summed E-state index contributed by atoms with van der Waals surface area (Å²) in [6, 6.07) is 23.1. The normalized spacial score (nSPS) is 14.0. The van der Waals surface area contributed by atoms with Gasteiger partial charge in [-0.25, -0.2) is 4.98 Å². The molecule has 0 saturated heterocycles. The van der Waals surface area contributed by atoms with Crippen LogP contribution >= 0.6 is 0 Å². The molecule has 2 aromatic heterocycles. The van der Waals surface area contributed by atoms with E-state index >= 15 is 0 Å². The van der Waals surface area contributed by atoms with Crippen LogP contribution in [0.4, 0.5) is 0 Å². The molecule has 4 nitrogen and oxygen atoms in total. The smallest absolute Gasteiger partial charge is 0.257 e. The highest BCUT2D eigenvalue weighted by molar-refractivity contribution is 5.80. The molecule has 3 heterocycles. The van der Waals surface area contributed by atoms with Gasteiger partial charge in [-0.15, -0.1) is 0 Å². The molecule has 0 aliphatic carbocycles. The monoisotopic (exact) mass is 409 g/mol. The molecule has 0 saturated carbocycles.